The molecule has 5 saturated carbocycles. The van der Waals surface area contributed by atoms with E-state index in [4.69, 9.17) is 4.74 Å². The van der Waals surface area contributed by atoms with Gasteiger partial charge in [0.25, 0.3) is 0 Å². The molecule has 5 rings (SSSR count). The molecule has 0 radical (unpaired) electrons. The minimum Gasteiger partial charge on any atom is -0.462 e. The van der Waals surface area contributed by atoms with Crippen molar-refractivity contribution in [2.45, 2.75) is 126 Å². The SMILES string of the molecule is C=C(C)[C@H]1CC[C@@]2(C)CC[C@]3(C)[C@@H](CC[C@@H]4[C@]5(C)CC[C@H](OC(C)=O)C(C)(C)[C@@H]5CC[C@@]43C)[C@H]12. The quantitative estimate of drug-likeness (QED) is 0.299. The Morgan fingerprint density at radius 1 is 0.765 bits per heavy atom. The van der Waals surface area contributed by atoms with Gasteiger partial charge in [-0.25, -0.2) is 0 Å². The van der Waals surface area contributed by atoms with E-state index in [0.717, 1.165) is 30.1 Å². The van der Waals surface area contributed by atoms with Gasteiger partial charge >= 0.3 is 5.97 Å². The van der Waals surface area contributed by atoms with Crippen LogP contribution in [-0.4, -0.2) is 12.1 Å². The second-order valence-corrected chi connectivity index (χ2v) is 15.3. The summed E-state index contributed by atoms with van der Waals surface area (Å²) in [5.74, 6) is 3.74. The van der Waals surface area contributed by atoms with Crippen LogP contribution in [0.15, 0.2) is 12.2 Å². The summed E-state index contributed by atoms with van der Waals surface area (Å²) in [6, 6.07) is 0. The maximum absolute atomic E-state index is 11.9. The van der Waals surface area contributed by atoms with E-state index in [0.29, 0.717) is 27.6 Å². The van der Waals surface area contributed by atoms with Gasteiger partial charge in [0, 0.05) is 12.3 Å². The molecule has 2 nitrogen and oxygen atoms in total. The van der Waals surface area contributed by atoms with Gasteiger partial charge in [0.1, 0.15) is 6.10 Å². The van der Waals surface area contributed by atoms with Crippen LogP contribution in [0.2, 0.25) is 0 Å². The van der Waals surface area contributed by atoms with Gasteiger partial charge in [0.15, 0.2) is 0 Å². The third-order valence-corrected chi connectivity index (χ3v) is 13.7. The first kappa shape index (κ1) is 24.9. The molecule has 0 spiro atoms. The number of hydrogen-bond acceptors (Lipinski definition) is 2. The molecule has 10 atom stereocenters. The number of hydrogen-bond donors (Lipinski definition) is 0. The van der Waals surface area contributed by atoms with E-state index in [9.17, 15) is 4.79 Å². The van der Waals surface area contributed by atoms with Gasteiger partial charge in [-0.15, -0.1) is 0 Å². The highest BCUT2D eigenvalue weighted by molar-refractivity contribution is 5.66. The molecule has 0 unspecified atom stereocenters. The van der Waals surface area contributed by atoms with Crippen molar-refractivity contribution in [2.75, 3.05) is 0 Å². The molecule has 2 heteroatoms. The number of rotatable bonds is 2. The van der Waals surface area contributed by atoms with Gasteiger partial charge < -0.3 is 4.74 Å². The molecule has 5 aliphatic rings. The summed E-state index contributed by atoms with van der Waals surface area (Å²) in [5.41, 5.74) is 3.23. The van der Waals surface area contributed by atoms with Gasteiger partial charge in [-0.05, 0) is 122 Å². The molecule has 5 fully saturated rings. The lowest BCUT2D eigenvalue weighted by Crippen LogP contribution is -2.66. The van der Waals surface area contributed by atoms with Crippen molar-refractivity contribution in [3.05, 3.63) is 12.2 Å². The molecule has 0 bridgehead atoms. The van der Waals surface area contributed by atoms with E-state index in [2.05, 4.69) is 55.0 Å². The van der Waals surface area contributed by atoms with Crippen molar-refractivity contribution in [2.24, 2.45) is 56.7 Å². The molecule has 192 valence electrons. The van der Waals surface area contributed by atoms with Crippen molar-refractivity contribution >= 4 is 5.97 Å². The van der Waals surface area contributed by atoms with E-state index in [-0.39, 0.29) is 17.5 Å². The van der Waals surface area contributed by atoms with Crippen molar-refractivity contribution in [3.63, 3.8) is 0 Å². The topological polar surface area (TPSA) is 26.3 Å². The highest BCUT2D eigenvalue weighted by Gasteiger charge is 2.70. The number of carbonyl (C=O) groups is 1. The summed E-state index contributed by atoms with van der Waals surface area (Å²) < 4.78 is 5.91. The maximum Gasteiger partial charge on any atom is 0.302 e. The molecular formula is C32H52O2. The van der Waals surface area contributed by atoms with Crippen LogP contribution < -0.4 is 0 Å². The Hall–Kier alpha value is -0.790. The molecule has 5 aliphatic carbocycles. The molecule has 0 aromatic heterocycles. The summed E-state index contributed by atoms with van der Waals surface area (Å²) in [7, 11) is 0. The van der Waals surface area contributed by atoms with Crippen molar-refractivity contribution in [1.29, 1.82) is 0 Å². The van der Waals surface area contributed by atoms with Gasteiger partial charge in [0.05, 0.1) is 0 Å². The Morgan fingerprint density at radius 3 is 2.12 bits per heavy atom. The average molecular weight is 469 g/mol. The predicted octanol–water partition coefficient (Wildman–Crippen LogP) is 8.60. The molecule has 0 aromatic carbocycles. The highest BCUT2D eigenvalue weighted by Crippen LogP contribution is 2.77. The van der Waals surface area contributed by atoms with Crippen LogP contribution in [0.5, 0.6) is 0 Å². The minimum absolute atomic E-state index is 0.0550. The minimum atomic E-state index is -0.107. The number of carbonyl (C=O) groups excluding carboxylic acids is 1. The van der Waals surface area contributed by atoms with Crippen LogP contribution in [0.25, 0.3) is 0 Å². The highest BCUT2D eigenvalue weighted by atomic mass is 16.5. The molecule has 0 aromatic rings. The van der Waals surface area contributed by atoms with Crippen molar-refractivity contribution < 1.29 is 9.53 Å². The Labute approximate surface area is 210 Å². The normalized spacial score (nSPS) is 53.6. The lowest BCUT2D eigenvalue weighted by atomic mass is 9.32. The second kappa shape index (κ2) is 7.61. The largest absolute Gasteiger partial charge is 0.462 e. The fourth-order valence-corrected chi connectivity index (χ4v) is 11.9. The van der Waals surface area contributed by atoms with E-state index in [1.807, 2.05) is 0 Å². The summed E-state index contributed by atoms with van der Waals surface area (Å²) >= 11 is 0. The number of ether oxygens (including phenoxy) is 1. The Morgan fingerprint density at radius 2 is 1.47 bits per heavy atom. The predicted molar refractivity (Wildman–Crippen MR) is 140 cm³/mol. The molecule has 0 heterocycles. The Bertz CT molecular complexity index is 872. The fraction of sp³-hybridized carbons (Fsp3) is 0.906. The Balaban J connectivity index is 1.50. The van der Waals surface area contributed by atoms with Gasteiger partial charge in [-0.3, -0.25) is 4.79 Å². The molecule has 0 aliphatic heterocycles. The van der Waals surface area contributed by atoms with Gasteiger partial charge in [0.2, 0.25) is 0 Å². The zero-order valence-electron chi connectivity index (χ0n) is 23.6. The summed E-state index contributed by atoms with van der Waals surface area (Å²) in [6.45, 7) is 23.9. The third kappa shape index (κ3) is 3.08. The van der Waals surface area contributed by atoms with Crippen LogP contribution in [-0.2, 0) is 9.53 Å². The molecule has 0 saturated heterocycles. The Kier molecular flexibility index (Phi) is 5.57. The zero-order valence-corrected chi connectivity index (χ0v) is 23.6. The number of fused-ring (bicyclic) bond motifs is 7. The molecule has 0 N–H and O–H groups in total. The third-order valence-electron chi connectivity index (χ3n) is 13.7. The summed E-state index contributed by atoms with van der Waals surface area (Å²) in [6.07, 6.45) is 13.4. The van der Waals surface area contributed by atoms with E-state index in [1.165, 1.54) is 63.4 Å². The fourth-order valence-electron chi connectivity index (χ4n) is 11.9. The van der Waals surface area contributed by atoms with Crippen LogP contribution in [0.3, 0.4) is 0 Å². The summed E-state index contributed by atoms with van der Waals surface area (Å²) in [4.78, 5) is 11.9. The van der Waals surface area contributed by atoms with E-state index >= 15 is 0 Å². The van der Waals surface area contributed by atoms with Gasteiger partial charge in [-0.1, -0.05) is 53.7 Å². The van der Waals surface area contributed by atoms with Crippen LogP contribution >= 0.6 is 0 Å². The first-order chi connectivity index (χ1) is 15.7. The van der Waals surface area contributed by atoms with Crippen LogP contribution in [0, 0.1) is 56.7 Å². The number of esters is 1. The second-order valence-electron chi connectivity index (χ2n) is 15.3. The average Bonchev–Trinajstić information content (AvgIpc) is 3.08. The number of allylic oxidation sites excluding steroid dienone is 1. The van der Waals surface area contributed by atoms with Gasteiger partial charge in [-0.2, -0.15) is 0 Å². The van der Waals surface area contributed by atoms with Crippen molar-refractivity contribution in [3.8, 4) is 0 Å². The summed E-state index contributed by atoms with van der Waals surface area (Å²) in [5, 5.41) is 0. The monoisotopic (exact) mass is 468 g/mol. The first-order valence-corrected chi connectivity index (χ1v) is 14.5. The lowest BCUT2D eigenvalue weighted by molar-refractivity contribution is -0.248. The molecule has 0 amide bonds. The first-order valence-electron chi connectivity index (χ1n) is 14.5. The van der Waals surface area contributed by atoms with Crippen LogP contribution in [0.1, 0.15) is 120 Å². The van der Waals surface area contributed by atoms with E-state index in [1.54, 1.807) is 6.92 Å². The maximum atomic E-state index is 11.9. The van der Waals surface area contributed by atoms with Crippen LogP contribution in [0.4, 0.5) is 0 Å². The standard InChI is InChI=1S/C32H52O2/c1-20(2)22-12-15-29(6)18-19-31(8)23(27(22)29)10-11-25-30(7)16-14-26(34-21(3)33)28(4,5)24(30)13-17-32(25,31)9/h22-27H,1,10-19H2,2-9H3/t22-,23+,24+,25-,26+,27+,29+,30-,31-,32+/m1/s1. The van der Waals surface area contributed by atoms with E-state index < -0.39 is 0 Å². The lowest BCUT2D eigenvalue weighted by Gasteiger charge is -2.73. The zero-order chi connectivity index (χ0) is 24.9. The van der Waals surface area contributed by atoms with Crippen molar-refractivity contribution in [1.82, 2.24) is 0 Å². The molecule has 34 heavy (non-hydrogen) atoms. The smallest absolute Gasteiger partial charge is 0.302 e. The molecular weight excluding hydrogens is 416 g/mol.